The monoisotopic (exact) mass is 135 g/mol. The Morgan fingerprint density at radius 3 is 3.00 bits per heavy atom. The molecule has 52 valence electrons. The zero-order valence-electron chi connectivity index (χ0n) is 5.63. The molecule has 0 aliphatic heterocycles. The number of hydrogen-bond acceptors (Lipinski definition) is 2. The number of aryl methyl sites for hydroxylation is 1. The first-order chi connectivity index (χ1) is 4.88. The van der Waals surface area contributed by atoms with Gasteiger partial charge in [0, 0.05) is 20.0 Å². The van der Waals surface area contributed by atoms with Gasteiger partial charge in [0.1, 0.15) is 5.52 Å². The number of nitrogens with one attached hydrogen (secondary N) is 1. The molecule has 0 radical (unpaired) electrons. The van der Waals surface area contributed by atoms with Gasteiger partial charge in [0.15, 0.2) is 5.65 Å². The lowest BCUT2D eigenvalue weighted by atomic mass is 10.3. The van der Waals surface area contributed by atoms with Crippen molar-refractivity contribution in [1.82, 2.24) is 15.0 Å². The maximum Gasteiger partial charge on any atom is 0.156 e. The van der Waals surface area contributed by atoms with Crippen LogP contribution in [0.3, 0.4) is 0 Å². The minimum Gasteiger partial charge on any atom is -0.345 e. The maximum atomic E-state index is 4.15. The quantitative estimate of drug-likeness (QED) is 0.595. The number of aromatic amines is 1. The summed E-state index contributed by atoms with van der Waals surface area (Å²) < 4.78 is 0. The Bertz CT molecular complexity index is 355. The van der Waals surface area contributed by atoms with E-state index in [1.807, 2.05) is 13.1 Å². The van der Waals surface area contributed by atoms with Crippen molar-refractivity contribution in [3.63, 3.8) is 0 Å². The molecule has 0 saturated heterocycles. The second kappa shape index (κ2) is 1.80. The van der Waals surface area contributed by atoms with Crippen LogP contribution in [-0.2, 0) is 0 Å². The summed E-state index contributed by atoms with van der Waals surface area (Å²) in [7, 11) is 0. The van der Waals surface area contributed by atoms with Gasteiger partial charge < -0.3 is 4.98 Å². The van der Waals surface area contributed by atoms with Crippen LogP contribution in [0.2, 0.25) is 0 Å². The lowest BCUT2D eigenvalue weighted by molar-refractivity contribution is 1.26. The zero-order valence-corrected chi connectivity index (χ0v) is 5.63. The highest BCUT2D eigenvalue weighted by molar-refractivity contribution is 5.73. The molecular weight excluding hydrogens is 126 g/mol. The minimum absolute atomic E-state index is 0. The van der Waals surface area contributed by atoms with Crippen molar-refractivity contribution in [3.05, 3.63) is 24.2 Å². The van der Waals surface area contributed by atoms with Gasteiger partial charge in [-0.2, -0.15) is 0 Å². The molecule has 0 aliphatic rings. The van der Waals surface area contributed by atoms with Crippen molar-refractivity contribution in [2.24, 2.45) is 0 Å². The summed E-state index contributed by atoms with van der Waals surface area (Å²) in [6.07, 6.45) is 5.28. The third-order valence-corrected chi connectivity index (χ3v) is 1.50. The number of hydrogen-bond donors (Lipinski definition) is 1. The highest BCUT2D eigenvalue weighted by Gasteiger charge is 1.97. The van der Waals surface area contributed by atoms with Gasteiger partial charge in [-0.15, -0.1) is 0 Å². The van der Waals surface area contributed by atoms with Crippen LogP contribution < -0.4 is 0 Å². The second-order valence-electron chi connectivity index (χ2n) is 2.23. The Morgan fingerprint density at radius 1 is 1.40 bits per heavy atom. The van der Waals surface area contributed by atoms with E-state index in [1.54, 1.807) is 12.4 Å². The molecule has 0 bridgehead atoms. The van der Waals surface area contributed by atoms with Crippen LogP contribution in [0.15, 0.2) is 18.6 Å². The Morgan fingerprint density at radius 2 is 2.20 bits per heavy atom. The molecule has 0 aliphatic carbocycles. The molecule has 0 aromatic carbocycles. The predicted molar refractivity (Wildman–Crippen MR) is 40.7 cm³/mol. The molecule has 2 aromatic rings. The molecule has 0 unspecified atom stereocenters. The SMILES string of the molecule is Cc1c[nH]c2nccnc12.[HH]. The fraction of sp³-hybridized carbons (Fsp3) is 0.143. The third kappa shape index (κ3) is 0.603. The van der Waals surface area contributed by atoms with E-state index in [4.69, 9.17) is 0 Å². The fourth-order valence-electron chi connectivity index (χ4n) is 0.977. The molecule has 3 heteroatoms. The highest BCUT2D eigenvalue weighted by atomic mass is 14.9. The topological polar surface area (TPSA) is 41.6 Å². The van der Waals surface area contributed by atoms with E-state index in [1.165, 1.54) is 0 Å². The average molecular weight is 135 g/mol. The lowest BCUT2D eigenvalue weighted by Crippen LogP contribution is -1.77. The Kier molecular flexibility index (Phi) is 0.974. The molecule has 10 heavy (non-hydrogen) atoms. The first-order valence-electron chi connectivity index (χ1n) is 3.12. The van der Waals surface area contributed by atoms with Gasteiger partial charge in [-0.1, -0.05) is 0 Å². The van der Waals surface area contributed by atoms with Gasteiger partial charge in [-0.25, -0.2) is 4.98 Å². The maximum absolute atomic E-state index is 4.15. The van der Waals surface area contributed by atoms with E-state index >= 15 is 0 Å². The predicted octanol–water partition coefficient (Wildman–Crippen LogP) is 1.51. The Balaban J connectivity index is 0.000000605. The summed E-state index contributed by atoms with van der Waals surface area (Å²) in [5, 5.41) is 0. The van der Waals surface area contributed by atoms with Crippen molar-refractivity contribution in [2.45, 2.75) is 6.92 Å². The minimum atomic E-state index is 0. The van der Waals surface area contributed by atoms with E-state index < -0.39 is 0 Å². The third-order valence-electron chi connectivity index (χ3n) is 1.50. The number of fused-ring (bicyclic) bond motifs is 1. The summed E-state index contributed by atoms with van der Waals surface area (Å²) >= 11 is 0. The standard InChI is InChI=1S/C7H7N3.H2/c1-5-4-10-7-6(5)8-2-3-9-7;/h2-4H,1H3,(H,9,10);1H. The number of H-pyrrole nitrogens is 1. The molecule has 0 spiro atoms. The zero-order chi connectivity index (χ0) is 6.97. The number of nitrogens with zero attached hydrogens (tertiary/aromatic N) is 2. The van der Waals surface area contributed by atoms with E-state index in [9.17, 15) is 0 Å². The van der Waals surface area contributed by atoms with Crippen molar-refractivity contribution in [2.75, 3.05) is 0 Å². The molecule has 3 nitrogen and oxygen atoms in total. The lowest BCUT2D eigenvalue weighted by Gasteiger charge is -1.85. The molecule has 2 rings (SSSR count). The van der Waals surface area contributed by atoms with Gasteiger partial charge in [0.05, 0.1) is 0 Å². The van der Waals surface area contributed by atoms with E-state index in [0.717, 1.165) is 16.7 Å². The van der Waals surface area contributed by atoms with Crippen molar-refractivity contribution in [1.29, 1.82) is 0 Å². The molecule has 0 atom stereocenters. The first kappa shape index (κ1) is 5.41. The van der Waals surface area contributed by atoms with Gasteiger partial charge in [-0.05, 0) is 12.5 Å². The largest absolute Gasteiger partial charge is 0.345 e. The van der Waals surface area contributed by atoms with Crippen LogP contribution in [0.4, 0.5) is 0 Å². The molecule has 2 heterocycles. The average Bonchev–Trinajstić information content (AvgIpc) is 2.34. The summed E-state index contributed by atoms with van der Waals surface area (Å²) in [6.45, 7) is 2.01. The molecule has 0 fully saturated rings. The van der Waals surface area contributed by atoms with Crippen molar-refractivity contribution >= 4 is 11.2 Å². The molecule has 0 amide bonds. The van der Waals surface area contributed by atoms with Crippen LogP contribution >= 0.6 is 0 Å². The van der Waals surface area contributed by atoms with Crippen LogP contribution in [0, 0.1) is 6.92 Å². The van der Waals surface area contributed by atoms with Crippen LogP contribution in [0.5, 0.6) is 0 Å². The summed E-state index contributed by atoms with van der Waals surface area (Å²) in [5.41, 5.74) is 2.96. The molecule has 1 N–H and O–H groups in total. The van der Waals surface area contributed by atoms with Gasteiger partial charge in [0.25, 0.3) is 0 Å². The van der Waals surface area contributed by atoms with E-state index in [2.05, 4.69) is 15.0 Å². The Labute approximate surface area is 59.6 Å². The van der Waals surface area contributed by atoms with Crippen LogP contribution in [0.25, 0.3) is 11.2 Å². The number of aromatic nitrogens is 3. The normalized spacial score (nSPS) is 10.5. The van der Waals surface area contributed by atoms with Crippen molar-refractivity contribution in [3.8, 4) is 0 Å². The molecule has 0 saturated carbocycles. The summed E-state index contributed by atoms with van der Waals surface area (Å²) in [4.78, 5) is 11.2. The highest BCUT2D eigenvalue weighted by Crippen LogP contribution is 2.09. The van der Waals surface area contributed by atoms with Gasteiger partial charge in [-0.3, -0.25) is 4.98 Å². The van der Waals surface area contributed by atoms with E-state index in [0.29, 0.717) is 0 Å². The van der Waals surface area contributed by atoms with Crippen molar-refractivity contribution < 1.29 is 1.43 Å². The first-order valence-corrected chi connectivity index (χ1v) is 3.12. The number of rotatable bonds is 0. The molecular formula is C7H9N3. The fourth-order valence-corrected chi connectivity index (χ4v) is 0.977. The smallest absolute Gasteiger partial charge is 0.156 e. The van der Waals surface area contributed by atoms with Crippen LogP contribution in [-0.4, -0.2) is 15.0 Å². The van der Waals surface area contributed by atoms with Gasteiger partial charge in [0.2, 0.25) is 0 Å². The van der Waals surface area contributed by atoms with Gasteiger partial charge >= 0.3 is 0 Å². The summed E-state index contributed by atoms with van der Waals surface area (Å²) in [5.74, 6) is 0. The molecule has 2 aromatic heterocycles. The Hall–Kier alpha value is -1.38. The van der Waals surface area contributed by atoms with Crippen LogP contribution in [0.1, 0.15) is 6.99 Å². The summed E-state index contributed by atoms with van der Waals surface area (Å²) in [6, 6.07) is 0. The second-order valence-corrected chi connectivity index (χ2v) is 2.23. The van der Waals surface area contributed by atoms with E-state index in [-0.39, 0.29) is 1.43 Å².